The van der Waals surface area contributed by atoms with Gasteiger partial charge in [0.25, 0.3) is 0 Å². The average molecular weight is 479 g/mol. The highest BCUT2D eigenvalue weighted by Gasteiger charge is 2.11. The number of carboxylic acids is 1. The lowest BCUT2D eigenvalue weighted by Gasteiger charge is -2.11. The van der Waals surface area contributed by atoms with Gasteiger partial charge < -0.3 is 31.7 Å². The van der Waals surface area contributed by atoms with E-state index in [-0.39, 0.29) is 35.6 Å². The molecule has 0 spiro atoms. The number of carboxylic acid groups (broad SMARTS) is 1. The molecular formula is C26H30N4O5. The first kappa shape index (κ1) is 27.0. The van der Waals surface area contributed by atoms with Crippen LogP contribution in [0.4, 0.5) is 17.3 Å². The Balaban J connectivity index is 0.00000216. The Morgan fingerprint density at radius 2 is 1.74 bits per heavy atom. The van der Waals surface area contributed by atoms with Crippen LogP contribution in [0.3, 0.4) is 0 Å². The van der Waals surface area contributed by atoms with E-state index in [4.69, 9.17) is 5.11 Å². The molecule has 0 aliphatic carbocycles. The van der Waals surface area contributed by atoms with E-state index >= 15 is 0 Å². The van der Waals surface area contributed by atoms with Gasteiger partial charge in [-0.25, -0.2) is 4.98 Å². The molecule has 4 aromatic rings. The molecule has 8 N–H and O–H groups in total. The number of amides is 1. The van der Waals surface area contributed by atoms with E-state index in [1.807, 2.05) is 68.4 Å². The number of imidazole rings is 1. The molecule has 9 heteroatoms. The number of aliphatic carboxylic acids is 1. The Morgan fingerprint density at radius 1 is 1.03 bits per heavy atom. The monoisotopic (exact) mass is 478 g/mol. The van der Waals surface area contributed by atoms with Crippen molar-refractivity contribution < 1.29 is 25.6 Å². The van der Waals surface area contributed by atoms with Crippen molar-refractivity contribution >= 4 is 40.2 Å². The van der Waals surface area contributed by atoms with Crippen LogP contribution in [0.1, 0.15) is 36.0 Å². The van der Waals surface area contributed by atoms with Crippen LogP contribution in [0.2, 0.25) is 0 Å². The molecule has 1 amide bonds. The van der Waals surface area contributed by atoms with Gasteiger partial charge >= 0.3 is 5.97 Å². The summed E-state index contributed by atoms with van der Waals surface area (Å²) in [6, 6.07) is 21.0. The van der Waals surface area contributed by atoms with Crippen LogP contribution >= 0.6 is 0 Å². The first-order valence-electron chi connectivity index (χ1n) is 10.8. The molecule has 0 bridgehead atoms. The Kier molecular flexibility index (Phi) is 9.10. The summed E-state index contributed by atoms with van der Waals surface area (Å²) in [7, 11) is 0. The number of hydrogen-bond acceptors (Lipinski definition) is 4. The standard InChI is InChI=1S/C26H26N4O3.2H2O/c1-16-5-3-4-6-21(16)28-26-29-22-12-7-18(14-23(22)30-26)15-24(31)27-20-10-8-19(9-11-20)17(2)13-25(32)33;;/h3-12,14,17H,13,15H2,1-2H3,(H,27,31)(H,32,33)(H2,28,29,30);2*1H2/t17-;;/m1../s1. The third-order valence-electron chi connectivity index (χ3n) is 5.55. The number of aryl methyl sites for hydroxylation is 1. The van der Waals surface area contributed by atoms with Crippen LogP contribution in [0.15, 0.2) is 66.7 Å². The van der Waals surface area contributed by atoms with Crippen LogP contribution < -0.4 is 10.6 Å². The van der Waals surface area contributed by atoms with Crippen molar-refractivity contribution in [3.05, 3.63) is 83.4 Å². The molecule has 184 valence electrons. The largest absolute Gasteiger partial charge is 0.481 e. The van der Waals surface area contributed by atoms with Crippen molar-refractivity contribution in [2.45, 2.75) is 32.6 Å². The minimum atomic E-state index is -0.827. The molecule has 35 heavy (non-hydrogen) atoms. The van der Waals surface area contributed by atoms with Gasteiger partial charge in [0.2, 0.25) is 11.9 Å². The van der Waals surface area contributed by atoms with E-state index in [2.05, 4.69) is 20.6 Å². The highest BCUT2D eigenvalue weighted by molar-refractivity contribution is 5.93. The van der Waals surface area contributed by atoms with Crippen LogP contribution in [-0.2, 0) is 16.0 Å². The summed E-state index contributed by atoms with van der Waals surface area (Å²) < 4.78 is 0. The molecule has 0 fully saturated rings. The number of H-pyrrole nitrogens is 1. The quantitative estimate of drug-likeness (QED) is 0.302. The van der Waals surface area contributed by atoms with Crippen LogP contribution in [0, 0.1) is 6.92 Å². The molecule has 0 radical (unpaired) electrons. The predicted octanol–water partition coefficient (Wildman–Crippen LogP) is 3.72. The number of carbonyl (C=O) groups excluding carboxylic acids is 1. The fourth-order valence-electron chi connectivity index (χ4n) is 3.73. The van der Waals surface area contributed by atoms with Gasteiger partial charge in [-0.1, -0.05) is 43.3 Å². The summed E-state index contributed by atoms with van der Waals surface area (Å²) >= 11 is 0. The van der Waals surface area contributed by atoms with Gasteiger partial charge in [-0.15, -0.1) is 0 Å². The summed E-state index contributed by atoms with van der Waals surface area (Å²) in [5, 5.41) is 15.1. The number of anilines is 3. The summed E-state index contributed by atoms with van der Waals surface area (Å²) in [4.78, 5) is 31.3. The fourth-order valence-corrected chi connectivity index (χ4v) is 3.73. The maximum absolute atomic E-state index is 12.5. The van der Waals surface area contributed by atoms with Crippen molar-refractivity contribution in [1.29, 1.82) is 0 Å². The zero-order valence-electron chi connectivity index (χ0n) is 19.6. The summed E-state index contributed by atoms with van der Waals surface area (Å²) in [5.41, 5.74) is 6.26. The fraction of sp³-hybridized carbons (Fsp3) is 0.192. The molecule has 0 aliphatic rings. The lowest BCUT2D eigenvalue weighted by atomic mass is 9.98. The highest BCUT2D eigenvalue weighted by atomic mass is 16.4. The van der Waals surface area contributed by atoms with Gasteiger partial charge in [-0.2, -0.15) is 0 Å². The van der Waals surface area contributed by atoms with Gasteiger partial charge in [0, 0.05) is 11.4 Å². The number of aromatic nitrogens is 2. The highest BCUT2D eigenvalue weighted by Crippen LogP contribution is 2.23. The molecule has 1 aromatic heterocycles. The van der Waals surface area contributed by atoms with Crippen molar-refractivity contribution in [2.75, 3.05) is 10.6 Å². The zero-order chi connectivity index (χ0) is 23.4. The summed E-state index contributed by atoms with van der Waals surface area (Å²) in [6.45, 7) is 3.90. The number of nitrogens with one attached hydrogen (secondary N) is 3. The van der Waals surface area contributed by atoms with E-state index in [0.717, 1.165) is 33.4 Å². The second-order valence-corrected chi connectivity index (χ2v) is 8.22. The van der Waals surface area contributed by atoms with Crippen molar-refractivity contribution in [3.63, 3.8) is 0 Å². The smallest absolute Gasteiger partial charge is 0.303 e. The number of fused-ring (bicyclic) bond motifs is 1. The number of carbonyl (C=O) groups is 2. The second-order valence-electron chi connectivity index (χ2n) is 8.22. The topological polar surface area (TPSA) is 170 Å². The number of hydrogen-bond donors (Lipinski definition) is 4. The molecule has 0 saturated carbocycles. The Hall–Kier alpha value is -4.21. The lowest BCUT2D eigenvalue weighted by molar-refractivity contribution is -0.137. The van der Waals surface area contributed by atoms with Gasteiger partial charge in [-0.3, -0.25) is 9.59 Å². The molecule has 1 heterocycles. The molecule has 0 saturated heterocycles. The third kappa shape index (κ3) is 6.89. The van der Waals surface area contributed by atoms with E-state index in [9.17, 15) is 9.59 Å². The van der Waals surface area contributed by atoms with Crippen molar-refractivity contribution in [3.8, 4) is 0 Å². The van der Waals surface area contributed by atoms with Crippen LogP contribution in [-0.4, -0.2) is 37.9 Å². The number of rotatable bonds is 8. The maximum atomic E-state index is 12.5. The number of benzene rings is 3. The van der Waals surface area contributed by atoms with Gasteiger partial charge in [-0.05, 0) is 59.9 Å². The Morgan fingerprint density at radius 3 is 2.43 bits per heavy atom. The summed E-state index contributed by atoms with van der Waals surface area (Å²) in [5.74, 6) is -0.387. The average Bonchev–Trinajstić information content (AvgIpc) is 3.17. The van der Waals surface area contributed by atoms with E-state index in [1.54, 1.807) is 12.1 Å². The normalized spacial score (nSPS) is 11.1. The second kappa shape index (κ2) is 11.8. The molecule has 3 aromatic carbocycles. The van der Waals surface area contributed by atoms with Gasteiger partial charge in [0.15, 0.2) is 0 Å². The zero-order valence-corrected chi connectivity index (χ0v) is 19.6. The van der Waals surface area contributed by atoms with Gasteiger partial charge in [0.1, 0.15) is 0 Å². The Labute approximate surface area is 202 Å². The molecule has 1 atom stereocenters. The summed E-state index contributed by atoms with van der Waals surface area (Å²) in [6.07, 6.45) is 0.302. The lowest BCUT2D eigenvalue weighted by Crippen LogP contribution is -2.14. The number of aromatic amines is 1. The van der Waals surface area contributed by atoms with E-state index in [1.165, 1.54) is 0 Å². The van der Waals surface area contributed by atoms with Crippen LogP contribution in [0.25, 0.3) is 11.0 Å². The van der Waals surface area contributed by atoms with Gasteiger partial charge in [0.05, 0.1) is 23.9 Å². The van der Waals surface area contributed by atoms with E-state index < -0.39 is 5.97 Å². The molecule has 0 unspecified atom stereocenters. The first-order chi connectivity index (χ1) is 15.9. The third-order valence-corrected chi connectivity index (χ3v) is 5.55. The number of para-hydroxylation sites is 1. The molecule has 9 nitrogen and oxygen atoms in total. The maximum Gasteiger partial charge on any atom is 0.303 e. The van der Waals surface area contributed by atoms with Crippen molar-refractivity contribution in [2.24, 2.45) is 0 Å². The van der Waals surface area contributed by atoms with Crippen LogP contribution in [0.5, 0.6) is 0 Å². The molecule has 0 aliphatic heterocycles. The van der Waals surface area contributed by atoms with E-state index in [0.29, 0.717) is 11.6 Å². The minimum Gasteiger partial charge on any atom is -0.481 e. The molecular weight excluding hydrogens is 448 g/mol. The number of nitrogens with zero attached hydrogens (tertiary/aromatic N) is 1. The first-order valence-corrected chi connectivity index (χ1v) is 10.8. The Bertz CT molecular complexity index is 1300. The molecule has 4 rings (SSSR count). The minimum absolute atomic E-state index is 0. The predicted molar refractivity (Wildman–Crippen MR) is 137 cm³/mol. The van der Waals surface area contributed by atoms with Crippen molar-refractivity contribution in [1.82, 2.24) is 9.97 Å². The SMILES string of the molecule is Cc1ccccc1Nc1nc2ccc(CC(=O)Nc3ccc([C@H](C)CC(=O)O)cc3)cc2[nH]1.O.O.